The number of rotatable bonds is 7. The number of methoxy groups -OCH3 is 2. The van der Waals surface area contributed by atoms with Crippen LogP contribution in [0.2, 0.25) is 0 Å². The smallest absolute Gasteiger partial charge is 0.346 e. The Morgan fingerprint density at radius 3 is 2.44 bits per heavy atom. The van der Waals surface area contributed by atoms with Crippen LogP contribution in [0, 0.1) is 0 Å². The Bertz CT molecular complexity index is 1180. The minimum Gasteiger partial charge on any atom is -0.493 e. The van der Waals surface area contributed by atoms with Gasteiger partial charge in [-0.3, -0.25) is 4.57 Å². The third-order valence-corrected chi connectivity index (χ3v) is 6.23. The first-order valence-electron chi connectivity index (χ1n) is 11.5. The largest absolute Gasteiger partial charge is 0.493 e. The van der Waals surface area contributed by atoms with E-state index in [-0.39, 0.29) is 17.6 Å². The zero-order valence-corrected chi connectivity index (χ0v) is 19.9. The molecule has 0 aliphatic carbocycles. The summed E-state index contributed by atoms with van der Waals surface area (Å²) in [6.07, 6.45) is 1.48. The van der Waals surface area contributed by atoms with Gasteiger partial charge in [-0.05, 0) is 37.5 Å². The number of nitrogens with zero attached hydrogens (tertiary/aromatic N) is 4. The molecular weight excluding hydrogens is 434 g/mol. The minimum absolute atomic E-state index is 0.0911. The highest BCUT2D eigenvalue weighted by Gasteiger charge is 2.29. The maximum absolute atomic E-state index is 12.9. The van der Waals surface area contributed by atoms with Gasteiger partial charge >= 0.3 is 11.7 Å². The number of ether oxygens (including phenoxy) is 2. The van der Waals surface area contributed by atoms with Crippen LogP contribution in [0.5, 0.6) is 11.5 Å². The van der Waals surface area contributed by atoms with E-state index in [0.717, 1.165) is 24.2 Å². The zero-order valence-electron chi connectivity index (χ0n) is 19.9. The summed E-state index contributed by atoms with van der Waals surface area (Å²) in [5.74, 6) is 1.98. The van der Waals surface area contributed by atoms with Crippen LogP contribution in [-0.4, -0.2) is 52.6 Å². The first-order valence-corrected chi connectivity index (χ1v) is 11.5. The number of hydrogen-bond donors (Lipinski definition) is 1. The molecule has 180 valence electrons. The number of piperidine rings is 1. The molecule has 0 unspecified atom stereocenters. The van der Waals surface area contributed by atoms with E-state index in [1.807, 2.05) is 37.3 Å². The number of aromatic nitrogens is 3. The lowest BCUT2D eigenvalue weighted by atomic mass is 9.96. The molecule has 0 bridgehead atoms. The fourth-order valence-corrected chi connectivity index (χ4v) is 4.44. The summed E-state index contributed by atoms with van der Waals surface area (Å²) in [4.78, 5) is 27.6. The van der Waals surface area contributed by atoms with Crippen LogP contribution in [-0.2, 0) is 13.1 Å². The van der Waals surface area contributed by atoms with Crippen LogP contribution in [0.4, 0.5) is 10.5 Å². The second-order valence-electron chi connectivity index (χ2n) is 8.26. The summed E-state index contributed by atoms with van der Waals surface area (Å²) >= 11 is 0. The third kappa shape index (κ3) is 4.78. The molecule has 0 saturated carbocycles. The number of amides is 2. The molecule has 34 heavy (non-hydrogen) atoms. The van der Waals surface area contributed by atoms with E-state index in [9.17, 15) is 9.59 Å². The summed E-state index contributed by atoms with van der Waals surface area (Å²) in [7, 11) is 3.11. The molecule has 1 N–H and O–H groups in total. The van der Waals surface area contributed by atoms with Gasteiger partial charge < -0.3 is 19.7 Å². The number of carbonyl (C=O) groups is 1. The minimum atomic E-state index is -0.188. The first-order chi connectivity index (χ1) is 16.5. The van der Waals surface area contributed by atoms with Crippen LogP contribution in [0.3, 0.4) is 0 Å². The molecule has 4 rings (SSSR count). The molecule has 9 heteroatoms. The molecule has 1 aliphatic heterocycles. The number of urea groups is 1. The molecule has 3 aromatic rings. The first kappa shape index (κ1) is 23.4. The van der Waals surface area contributed by atoms with E-state index >= 15 is 0 Å². The van der Waals surface area contributed by atoms with E-state index in [0.29, 0.717) is 43.4 Å². The summed E-state index contributed by atoms with van der Waals surface area (Å²) in [5.41, 5.74) is 1.51. The van der Waals surface area contributed by atoms with Crippen LogP contribution >= 0.6 is 0 Å². The van der Waals surface area contributed by atoms with Gasteiger partial charge in [0.05, 0.1) is 26.5 Å². The molecular formula is C25H31N5O4. The van der Waals surface area contributed by atoms with Gasteiger partial charge in [0.25, 0.3) is 0 Å². The summed E-state index contributed by atoms with van der Waals surface area (Å²) in [5, 5.41) is 7.63. The normalized spacial score (nSPS) is 14.1. The second-order valence-corrected chi connectivity index (χ2v) is 8.26. The Morgan fingerprint density at radius 1 is 1.06 bits per heavy atom. The van der Waals surface area contributed by atoms with E-state index in [2.05, 4.69) is 5.32 Å². The van der Waals surface area contributed by atoms with Crippen molar-refractivity contribution >= 4 is 11.7 Å². The molecule has 1 aliphatic rings. The Kier molecular flexibility index (Phi) is 7.20. The average Bonchev–Trinajstić information content (AvgIpc) is 3.19. The average molecular weight is 466 g/mol. The Balaban J connectivity index is 1.43. The molecule has 2 amide bonds. The highest BCUT2D eigenvalue weighted by molar-refractivity contribution is 5.91. The van der Waals surface area contributed by atoms with Gasteiger partial charge in [0.1, 0.15) is 5.82 Å². The number of para-hydroxylation sites is 1. The number of carbonyl (C=O) groups excluding carboxylic acids is 1. The molecule has 1 fully saturated rings. The van der Waals surface area contributed by atoms with Gasteiger partial charge in [-0.15, -0.1) is 0 Å². The quantitative estimate of drug-likeness (QED) is 0.576. The van der Waals surface area contributed by atoms with E-state index < -0.39 is 0 Å². The van der Waals surface area contributed by atoms with Gasteiger partial charge in [-0.25, -0.2) is 14.3 Å². The standard InChI is InChI=1S/C25H31N5O4/c1-4-29-23(27-30(25(29)32)17-18-9-6-5-7-10-18)19-13-15-28(16-14-19)24(31)26-20-11-8-12-21(33-2)22(20)34-3/h5-12,19H,4,13-17H2,1-3H3,(H,26,31). The number of likely N-dealkylation sites (tertiary alicyclic amines) is 1. The SMILES string of the molecule is CCn1c(C2CCN(C(=O)Nc3cccc(OC)c3OC)CC2)nn(Cc2ccccc2)c1=O. The highest BCUT2D eigenvalue weighted by atomic mass is 16.5. The van der Waals surface area contributed by atoms with Crippen molar-refractivity contribution in [3.05, 3.63) is 70.4 Å². The van der Waals surface area contributed by atoms with Crippen molar-refractivity contribution < 1.29 is 14.3 Å². The van der Waals surface area contributed by atoms with Gasteiger partial charge in [-0.2, -0.15) is 5.10 Å². The fraction of sp³-hybridized carbons (Fsp3) is 0.400. The predicted octanol–water partition coefficient (Wildman–Crippen LogP) is 3.54. The van der Waals surface area contributed by atoms with Crippen molar-refractivity contribution in [2.75, 3.05) is 32.6 Å². The monoisotopic (exact) mass is 465 g/mol. The number of nitrogens with one attached hydrogen (secondary N) is 1. The Hall–Kier alpha value is -3.75. The highest BCUT2D eigenvalue weighted by Crippen LogP contribution is 2.35. The molecule has 9 nitrogen and oxygen atoms in total. The van der Waals surface area contributed by atoms with Crippen LogP contribution in [0.25, 0.3) is 0 Å². The van der Waals surface area contributed by atoms with Crippen molar-refractivity contribution in [3.8, 4) is 11.5 Å². The lowest BCUT2D eigenvalue weighted by Gasteiger charge is -2.31. The molecule has 0 atom stereocenters. The van der Waals surface area contributed by atoms with Crippen LogP contribution < -0.4 is 20.5 Å². The Morgan fingerprint density at radius 2 is 1.79 bits per heavy atom. The Labute approximate surface area is 198 Å². The third-order valence-electron chi connectivity index (χ3n) is 6.23. The van der Waals surface area contributed by atoms with Crippen molar-refractivity contribution in [2.24, 2.45) is 0 Å². The molecule has 2 heterocycles. The van der Waals surface area contributed by atoms with Crippen molar-refractivity contribution in [3.63, 3.8) is 0 Å². The van der Waals surface area contributed by atoms with E-state index in [1.54, 1.807) is 46.6 Å². The summed E-state index contributed by atoms with van der Waals surface area (Å²) in [6, 6.07) is 15.0. The van der Waals surface area contributed by atoms with Crippen molar-refractivity contribution in [1.29, 1.82) is 0 Å². The maximum Gasteiger partial charge on any atom is 0.346 e. The van der Waals surface area contributed by atoms with Crippen LogP contribution in [0.1, 0.15) is 37.1 Å². The van der Waals surface area contributed by atoms with Crippen LogP contribution in [0.15, 0.2) is 53.3 Å². The summed E-state index contributed by atoms with van der Waals surface area (Å²) in [6.45, 7) is 4.13. The molecule has 2 aromatic carbocycles. The molecule has 0 spiro atoms. The van der Waals surface area contributed by atoms with Gasteiger partial charge in [0.2, 0.25) is 0 Å². The number of hydrogen-bond acceptors (Lipinski definition) is 5. The van der Waals surface area contributed by atoms with Gasteiger partial charge in [0, 0.05) is 25.6 Å². The van der Waals surface area contributed by atoms with E-state index in [1.165, 1.54) is 0 Å². The van der Waals surface area contributed by atoms with Crippen molar-refractivity contribution in [2.45, 2.75) is 38.8 Å². The molecule has 1 aromatic heterocycles. The van der Waals surface area contributed by atoms with E-state index in [4.69, 9.17) is 14.6 Å². The van der Waals surface area contributed by atoms with Gasteiger partial charge in [-0.1, -0.05) is 36.4 Å². The lowest BCUT2D eigenvalue weighted by molar-refractivity contribution is 0.192. The molecule has 1 saturated heterocycles. The lowest BCUT2D eigenvalue weighted by Crippen LogP contribution is -2.41. The summed E-state index contributed by atoms with van der Waals surface area (Å²) < 4.78 is 14.0. The van der Waals surface area contributed by atoms with Gasteiger partial charge in [0.15, 0.2) is 11.5 Å². The fourth-order valence-electron chi connectivity index (χ4n) is 4.44. The second kappa shape index (κ2) is 10.5. The predicted molar refractivity (Wildman–Crippen MR) is 130 cm³/mol. The number of anilines is 1. The maximum atomic E-state index is 12.9. The van der Waals surface area contributed by atoms with Crippen molar-refractivity contribution in [1.82, 2.24) is 19.2 Å². The molecule has 0 radical (unpaired) electrons. The topological polar surface area (TPSA) is 90.6 Å². The zero-order chi connectivity index (χ0) is 24.1. The number of benzene rings is 2.